The molecule has 0 aliphatic carbocycles. The zero-order valence-corrected chi connectivity index (χ0v) is 17.3. The van der Waals surface area contributed by atoms with E-state index < -0.39 is 14.0 Å². The first kappa shape index (κ1) is 21.8. The van der Waals surface area contributed by atoms with Gasteiger partial charge >= 0.3 is 0 Å². The van der Waals surface area contributed by atoms with Crippen LogP contribution < -0.4 is 16.1 Å². The highest BCUT2D eigenvalue weighted by atomic mass is 35.5. The maximum absolute atomic E-state index is 14.5. The number of hydrogen-bond acceptors (Lipinski definition) is 2. The summed E-state index contributed by atoms with van der Waals surface area (Å²) in [5, 5.41) is 2.15. The van der Waals surface area contributed by atoms with Crippen molar-refractivity contribution in [3.8, 4) is 0 Å². The summed E-state index contributed by atoms with van der Waals surface area (Å²) in [6.45, 7) is 7.98. The fourth-order valence-corrected chi connectivity index (χ4v) is 7.75. The number of rotatable bonds is 6. The van der Waals surface area contributed by atoms with Crippen molar-refractivity contribution < 1.29 is 8.82 Å². The number of nitrogens with two attached hydrogens (primary N) is 1. The van der Waals surface area contributed by atoms with Gasteiger partial charge in [0.2, 0.25) is 0 Å². The number of halogens is 2. The Labute approximate surface area is 158 Å². The van der Waals surface area contributed by atoms with Crippen LogP contribution in [0, 0.1) is 0 Å². The van der Waals surface area contributed by atoms with Crippen LogP contribution in [0.1, 0.15) is 27.7 Å². The molecule has 0 aliphatic heterocycles. The largest absolute Gasteiger partial charge is 0.404 e. The standard InChI is InChI=1S/C20H28FNOSi.ClH/c1-19(2,3)24(17-11-7-5-8-12-17,18-13-9-6-10-14-18)23-16-20(4,21)15-22;/h5-14H,15-16,22H2,1-4H3;1H. The minimum atomic E-state index is -2.67. The second-order valence-electron chi connectivity index (χ2n) is 7.57. The molecular weight excluding hydrogens is 353 g/mol. The van der Waals surface area contributed by atoms with E-state index in [4.69, 9.17) is 10.2 Å². The van der Waals surface area contributed by atoms with Crippen molar-refractivity contribution in [3.05, 3.63) is 60.7 Å². The molecule has 0 saturated carbocycles. The number of alkyl halides is 1. The van der Waals surface area contributed by atoms with E-state index >= 15 is 0 Å². The predicted molar refractivity (Wildman–Crippen MR) is 109 cm³/mol. The minimum absolute atomic E-state index is 0. The lowest BCUT2D eigenvalue weighted by atomic mass is 10.1. The van der Waals surface area contributed by atoms with Gasteiger partial charge in [-0.05, 0) is 22.3 Å². The molecule has 0 amide bonds. The highest BCUT2D eigenvalue weighted by Crippen LogP contribution is 2.37. The molecule has 0 fully saturated rings. The van der Waals surface area contributed by atoms with Gasteiger partial charge in [0.15, 0.2) is 0 Å². The molecule has 0 saturated heterocycles. The first-order valence-electron chi connectivity index (χ1n) is 8.37. The molecule has 2 aromatic carbocycles. The SMILES string of the molecule is CC(F)(CN)CO[Si](c1ccccc1)(c1ccccc1)C(C)(C)C.Cl. The smallest absolute Gasteiger partial charge is 0.261 e. The highest BCUT2D eigenvalue weighted by molar-refractivity contribution is 6.99. The van der Waals surface area contributed by atoms with E-state index in [0.717, 1.165) is 10.4 Å². The van der Waals surface area contributed by atoms with Gasteiger partial charge in [0.05, 0.1) is 6.61 Å². The van der Waals surface area contributed by atoms with Crippen molar-refractivity contribution in [3.63, 3.8) is 0 Å². The zero-order chi connectivity index (χ0) is 17.8. The van der Waals surface area contributed by atoms with Gasteiger partial charge < -0.3 is 10.2 Å². The second-order valence-corrected chi connectivity index (χ2v) is 11.9. The van der Waals surface area contributed by atoms with Gasteiger partial charge in [-0.25, -0.2) is 4.39 Å². The molecule has 2 nitrogen and oxygen atoms in total. The molecule has 2 N–H and O–H groups in total. The van der Waals surface area contributed by atoms with Gasteiger partial charge in [0.1, 0.15) is 5.67 Å². The number of hydrogen-bond donors (Lipinski definition) is 1. The summed E-state index contributed by atoms with van der Waals surface area (Å²) >= 11 is 0. The van der Waals surface area contributed by atoms with Crippen LogP contribution >= 0.6 is 12.4 Å². The van der Waals surface area contributed by atoms with Gasteiger partial charge in [0, 0.05) is 6.54 Å². The maximum Gasteiger partial charge on any atom is 0.261 e. The normalized spacial score (nSPS) is 14.5. The monoisotopic (exact) mass is 381 g/mol. The van der Waals surface area contributed by atoms with Crippen molar-refractivity contribution in [1.82, 2.24) is 0 Å². The fourth-order valence-electron chi connectivity index (χ4n) is 3.08. The summed E-state index contributed by atoms with van der Waals surface area (Å²) in [6.07, 6.45) is 0. The first-order chi connectivity index (χ1) is 11.2. The molecule has 25 heavy (non-hydrogen) atoms. The Kier molecular flexibility index (Phi) is 7.38. The van der Waals surface area contributed by atoms with E-state index in [1.165, 1.54) is 6.92 Å². The van der Waals surface area contributed by atoms with Gasteiger partial charge in [-0.2, -0.15) is 0 Å². The molecule has 138 valence electrons. The Balaban J connectivity index is 0.00000312. The van der Waals surface area contributed by atoms with Crippen LogP contribution in [-0.2, 0) is 4.43 Å². The number of benzene rings is 2. The lowest BCUT2D eigenvalue weighted by molar-refractivity contribution is 0.104. The summed E-state index contributed by atoms with van der Waals surface area (Å²) < 4.78 is 21.0. The summed E-state index contributed by atoms with van der Waals surface area (Å²) in [7, 11) is -2.67. The van der Waals surface area contributed by atoms with E-state index in [1.807, 2.05) is 36.4 Å². The molecule has 1 atom stereocenters. The molecule has 0 spiro atoms. The molecule has 1 unspecified atom stereocenters. The highest BCUT2D eigenvalue weighted by Gasteiger charge is 2.51. The second kappa shape index (κ2) is 8.45. The van der Waals surface area contributed by atoms with Crippen LogP contribution in [0.25, 0.3) is 0 Å². The molecule has 2 aromatic rings. The Morgan fingerprint density at radius 3 is 1.60 bits per heavy atom. The van der Waals surface area contributed by atoms with Gasteiger partial charge in [-0.1, -0.05) is 81.4 Å². The summed E-state index contributed by atoms with van der Waals surface area (Å²) in [5.41, 5.74) is 4.05. The van der Waals surface area contributed by atoms with E-state index in [-0.39, 0.29) is 30.6 Å². The van der Waals surface area contributed by atoms with E-state index in [0.29, 0.717) is 0 Å². The van der Waals surface area contributed by atoms with E-state index in [9.17, 15) is 4.39 Å². The minimum Gasteiger partial charge on any atom is -0.404 e. The third-order valence-corrected chi connectivity index (χ3v) is 9.41. The quantitative estimate of drug-likeness (QED) is 0.775. The van der Waals surface area contributed by atoms with Crippen molar-refractivity contribution in [2.24, 2.45) is 5.73 Å². The predicted octanol–water partition coefficient (Wildman–Crippen LogP) is 3.67. The van der Waals surface area contributed by atoms with Gasteiger partial charge in [-0.3, -0.25) is 0 Å². The third kappa shape index (κ3) is 4.70. The third-order valence-electron chi connectivity index (χ3n) is 4.43. The summed E-state index contributed by atoms with van der Waals surface area (Å²) in [5.74, 6) is 0. The van der Waals surface area contributed by atoms with Gasteiger partial charge in [0.25, 0.3) is 8.32 Å². The summed E-state index contributed by atoms with van der Waals surface area (Å²) in [6, 6.07) is 20.5. The Hall–Kier alpha value is -1.20. The van der Waals surface area contributed by atoms with E-state index in [2.05, 4.69) is 45.0 Å². The zero-order valence-electron chi connectivity index (χ0n) is 15.5. The molecule has 0 bridgehead atoms. The maximum atomic E-state index is 14.5. The van der Waals surface area contributed by atoms with Crippen molar-refractivity contribution in [2.45, 2.75) is 38.4 Å². The molecule has 0 aromatic heterocycles. The van der Waals surface area contributed by atoms with Crippen molar-refractivity contribution >= 4 is 31.1 Å². The molecular formula is C20H29ClFNOSi. The lowest BCUT2D eigenvalue weighted by Crippen LogP contribution is -2.67. The van der Waals surface area contributed by atoms with E-state index in [1.54, 1.807) is 0 Å². The lowest BCUT2D eigenvalue weighted by Gasteiger charge is -2.44. The summed E-state index contributed by atoms with van der Waals surface area (Å²) in [4.78, 5) is 0. The van der Waals surface area contributed by atoms with Crippen molar-refractivity contribution in [1.29, 1.82) is 0 Å². The van der Waals surface area contributed by atoms with Crippen LogP contribution in [-0.4, -0.2) is 27.1 Å². The molecule has 0 heterocycles. The average Bonchev–Trinajstić information content (AvgIpc) is 2.56. The van der Waals surface area contributed by atoms with Crippen LogP contribution in [0.2, 0.25) is 5.04 Å². The topological polar surface area (TPSA) is 35.2 Å². The average molecular weight is 382 g/mol. The molecule has 5 heteroatoms. The van der Waals surface area contributed by atoms with Gasteiger partial charge in [-0.15, -0.1) is 12.4 Å². The van der Waals surface area contributed by atoms with Crippen LogP contribution in [0.15, 0.2) is 60.7 Å². The Bertz CT molecular complexity index is 604. The van der Waals surface area contributed by atoms with Crippen LogP contribution in [0.4, 0.5) is 4.39 Å². The fraction of sp³-hybridized carbons (Fsp3) is 0.400. The van der Waals surface area contributed by atoms with Crippen molar-refractivity contribution in [2.75, 3.05) is 13.2 Å². The van der Waals surface area contributed by atoms with Crippen LogP contribution in [0.3, 0.4) is 0 Å². The molecule has 0 radical (unpaired) electrons. The molecule has 2 rings (SSSR count). The van der Waals surface area contributed by atoms with Crippen LogP contribution in [0.5, 0.6) is 0 Å². The first-order valence-corrected chi connectivity index (χ1v) is 10.3. The Morgan fingerprint density at radius 2 is 1.28 bits per heavy atom. The Morgan fingerprint density at radius 1 is 0.880 bits per heavy atom. The molecule has 0 aliphatic rings.